The lowest BCUT2D eigenvalue weighted by atomic mass is 9.97. The van der Waals surface area contributed by atoms with E-state index in [1.54, 1.807) is 0 Å². The molecule has 0 fully saturated rings. The average molecular weight is 462 g/mol. The Kier molecular flexibility index (Phi) is 5.98. The normalized spacial score (nSPS) is 17.0. The van der Waals surface area contributed by atoms with Gasteiger partial charge in [0.05, 0.1) is 0 Å². The zero-order valence-electron chi connectivity index (χ0n) is 11.3. The smallest absolute Gasteiger partial charge is 0.281 e. The molecule has 0 aromatic rings. The van der Waals surface area contributed by atoms with Gasteiger partial charge in [-0.05, 0) is 0 Å². The molecule has 0 saturated carbocycles. The summed E-state index contributed by atoms with van der Waals surface area (Å²) >= 11 is 0. The van der Waals surface area contributed by atoms with Crippen LogP contribution in [0.3, 0.4) is 0 Å². The van der Waals surface area contributed by atoms with E-state index in [1.165, 1.54) is 0 Å². The molecule has 27 heavy (non-hydrogen) atoms. The van der Waals surface area contributed by atoms with Crippen LogP contribution in [0.1, 0.15) is 0 Å². The second-order valence-electron chi connectivity index (χ2n) is 4.42. The van der Waals surface area contributed by atoms with Crippen molar-refractivity contribution in [2.45, 2.75) is 35.1 Å². The molecule has 0 saturated heterocycles. The van der Waals surface area contributed by atoms with Crippen LogP contribution in [-0.2, 0) is 10.1 Å². The predicted molar refractivity (Wildman–Crippen MR) is 51.6 cm³/mol. The molecule has 0 unspecified atom stereocenters. The van der Waals surface area contributed by atoms with Crippen molar-refractivity contribution in [3.8, 4) is 0 Å². The van der Waals surface area contributed by atoms with Crippen molar-refractivity contribution < 1.29 is 78.8 Å². The molecular weight excluding hydrogens is 461 g/mol. The minimum atomic E-state index is -8.26. The van der Waals surface area contributed by atoms with Gasteiger partial charge in [-0.1, -0.05) is 0 Å². The van der Waals surface area contributed by atoms with Crippen LogP contribution < -0.4 is 0 Å². The molecule has 3 nitrogen and oxygen atoms in total. The Balaban J connectivity index is 6.71. The van der Waals surface area contributed by atoms with Crippen molar-refractivity contribution in [1.29, 1.82) is 0 Å². The summed E-state index contributed by atoms with van der Waals surface area (Å²) in [5.74, 6) is -42.4. The van der Waals surface area contributed by atoms with Gasteiger partial charge in [0.15, 0.2) is 0 Å². The van der Waals surface area contributed by atoms with E-state index in [9.17, 15) is 74.3 Å². The van der Waals surface area contributed by atoms with Gasteiger partial charge in [0.25, 0.3) is 0 Å². The molecule has 0 atom stereocenters. The fourth-order valence-corrected chi connectivity index (χ4v) is 1.41. The summed E-state index contributed by atoms with van der Waals surface area (Å²) in [6, 6.07) is 0. The van der Waals surface area contributed by atoms with E-state index in [1.807, 2.05) is 0 Å². The quantitative estimate of drug-likeness (QED) is 0.459. The lowest BCUT2D eigenvalue weighted by Gasteiger charge is -2.36. The van der Waals surface area contributed by atoms with E-state index in [0.717, 1.165) is 0 Å². The topological polar surface area (TPSA) is 54.4 Å². The van der Waals surface area contributed by atoms with Crippen LogP contribution in [0.5, 0.6) is 0 Å². The zero-order chi connectivity index (χ0) is 22.7. The van der Waals surface area contributed by atoms with Crippen LogP contribution in [0.25, 0.3) is 0 Å². The lowest BCUT2D eigenvalue weighted by Crippen LogP contribution is -2.66. The molecule has 1 N–H and O–H groups in total. The summed E-state index contributed by atoms with van der Waals surface area (Å²) in [4.78, 5) is 0. The number of allylic oxidation sites excluding steroid dienone is 1. The third-order valence-corrected chi connectivity index (χ3v) is 3.41. The highest BCUT2D eigenvalue weighted by molar-refractivity contribution is 7.87. The van der Waals surface area contributed by atoms with Crippen molar-refractivity contribution in [1.82, 2.24) is 0 Å². The predicted octanol–water partition coefficient (Wildman–Crippen LogP) is 4.72. The van der Waals surface area contributed by atoms with Gasteiger partial charge in [-0.25, -0.2) is 8.78 Å². The molecule has 0 radical (unpaired) electrons. The van der Waals surface area contributed by atoms with E-state index >= 15 is 0 Å². The van der Waals surface area contributed by atoms with E-state index in [0.29, 0.717) is 0 Å². The Morgan fingerprint density at radius 1 is 0.593 bits per heavy atom. The second-order valence-corrected chi connectivity index (χ2v) is 5.88. The average Bonchev–Trinajstić information content (AvgIpc) is 2.42. The van der Waals surface area contributed by atoms with Gasteiger partial charge in [-0.15, -0.1) is 0 Å². The van der Waals surface area contributed by atoms with Crippen LogP contribution >= 0.6 is 0 Å². The molecule has 0 spiro atoms. The Bertz CT molecular complexity index is 716. The van der Waals surface area contributed by atoms with Crippen LogP contribution in [0.4, 0.5) is 65.9 Å². The van der Waals surface area contributed by atoms with Crippen molar-refractivity contribution in [3.05, 3.63) is 11.7 Å². The summed E-state index contributed by atoms with van der Waals surface area (Å²) in [6.07, 6.45) is -7.66. The van der Waals surface area contributed by atoms with Gasteiger partial charge in [0.1, 0.15) is 0 Å². The summed E-state index contributed by atoms with van der Waals surface area (Å²) in [7, 11) is -7.24. The Morgan fingerprint density at radius 2 is 0.926 bits per heavy atom. The minimum Gasteiger partial charge on any atom is -0.281 e. The first-order valence-electron chi connectivity index (χ1n) is 5.30. The zero-order valence-corrected chi connectivity index (χ0v) is 12.2. The molecule has 0 rings (SSSR count). The molecule has 0 amide bonds. The van der Waals surface area contributed by atoms with E-state index in [4.69, 9.17) is 4.55 Å². The molecule has 0 aromatic heterocycles. The Morgan fingerprint density at radius 3 is 1.19 bits per heavy atom. The van der Waals surface area contributed by atoms with Crippen LogP contribution in [-0.4, -0.2) is 48.1 Å². The molecule has 0 bridgehead atoms. The first kappa shape index (κ1) is 25.6. The van der Waals surface area contributed by atoms with Crippen LogP contribution in [0.2, 0.25) is 0 Å². The maximum Gasteiger partial charge on any atom is 0.460 e. The third kappa shape index (κ3) is 3.54. The first-order valence-corrected chi connectivity index (χ1v) is 6.74. The summed E-state index contributed by atoms with van der Waals surface area (Å²) in [5.41, 5.74) is 0. The van der Waals surface area contributed by atoms with E-state index < -0.39 is 56.9 Å². The highest BCUT2D eigenvalue weighted by Crippen LogP contribution is 2.59. The van der Waals surface area contributed by atoms with Gasteiger partial charge in [0.2, 0.25) is 11.7 Å². The van der Waals surface area contributed by atoms with Crippen LogP contribution in [0.15, 0.2) is 11.7 Å². The minimum absolute atomic E-state index is 4.87. The molecule has 0 aliphatic rings. The second kappa shape index (κ2) is 6.31. The van der Waals surface area contributed by atoms with Gasteiger partial charge in [0, 0.05) is 0 Å². The third-order valence-electron chi connectivity index (χ3n) is 2.59. The molecular formula is C8HF15O3S. The summed E-state index contributed by atoms with van der Waals surface area (Å²) in [6.45, 7) is 0. The monoisotopic (exact) mass is 462 g/mol. The Hall–Kier alpha value is -1.40. The molecule has 0 aliphatic carbocycles. The van der Waals surface area contributed by atoms with Gasteiger partial charge in [-0.3, -0.25) is 4.55 Å². The first-order chi connectivity index (χ1) is 11.3. The SMILES string of the molecule is O=S(=O)(O)C(F)(F)/C(F)=C(\F)C(F)(F)C(F)(F)C(F)(F)C(F)(F)C(F)(F)F. The van der Waals surface area contributed by atoms with Crippen molar-refractivity contribution in [3.63, 3.8) is 0 Å². The highest BCUT2D eigenvalue weighted by Gasteiger charge is 2.88. The summed E-state index contributed by atoms with van der Waals surface area (Å²) in [5, 5.41) is -6.82. The van der Waals surface area contributed by atoms with Crippen molar-refractivity contribution >= 4 is 10.1 Å². The molecule has 162 valence electrons. The highest BCUT2D eigenvalue weighted by atomic mass is 32.2. The maximum absolute atomic E-state index is 13.0. The number of hydrogen-bond donors (Lipinski definition) is 1. The van der Waals surface area contributed by atoms with Crippen molar-refractivity contribution in [2.75, 3.05) is 0 Å². The number of halogens is 15. The van der Waals surface area contributed by atoms with Crippen molar-refractivity contribution in [2.24, 2.45) is 0 Å². The standard InChI is InChI=1S/C8HF15O3S/c9-1(2(10)4(13,14)27(24,25)26)3(11,12)5(15,16)6(17,18)7(19,20)8(21,22)23/h(H,24,25,26)/b2-1+. The molecule has 0 heterocycles. The largest absolute Gasteiger partial charge is 0.460 e. The van der Waals surface area contributed by atoms with Gasteiger partial charge < -0.3 is 0 Å². The van der Waals surface area contributed by atoms with Crippen LogP contribution in [0, 0.1) is 0 Å². The fourth-order valence-electron chi connectivity index (χ4n) is 1.09. The molecule has 19 heteroatoms. The van der Waals surface area contributed by atoms with E-state index in [-0.39, 0.29) is 0 Å². The van der Waals surface area contributed by atoms with Gasteiger partial charge >= 0.3 is 45.2 Å². The summed E-state index contributed by atoms with van der Waals surface area (Å²) < 4.78 is 216. The fraction of sp³-hybridized carbons (Fsp3) is 0.750. The lowest BCUT2D eigenvalue weighted by molar-refractivity contribution is -0.419. The number of rotatable bonds is 6. The van der Waals surface area contributed by atoms with Gasteiger partial charge in [-0.2, -0.15) is 65.5 Å². The maximum atomic E-state index is 13.0. The molecule has 0 aliphatic heterocycles. The number of hydrogen-bond acceptors (Lipinski definition) is 2. The Labute approximate surface area is 137 Å². The molecule has 0 aromatic carbocycles. The van der Waals surface area contributed by atoms with E-state index in [2.05, 4.69) is 0 Å². The number of alkyl halides is 13.